The van der Waals surface area contributed by atoms with Crippen LogP contribution in [0.1, 0.15) is 26.7 Å². The first-order valence-electron chi connectivity index (χ1n) is 19.4. The van der Waals surface area contributed by atoms with E-state index >= 15 is 0 Å². The molecule has 0 saturated carbocycles. The van der Waals surface area contributed by atoms with E-state index < -0.39 is 0 Å². The Bertz CT molecular complexity index is 2010. The first kappa shape index (κ1) is 38.4. The highest BCUT2D eigenvalue weighted by Crippen LogP contribution is 2.41. The minimum absolute atomic E-state index is 0.0927. The van der Waals surface area contributed by atoms with Crippen molar-refractivity contribution in [2.45, 2.75) is 51.0 Å². The fourth-order valence-electron chi connectivity index (χ4n) is 7.88. The van der Waals surface area contributed by atoms with Gasteiger partial charge in [-0.15, -0.1) is 0 Å². The molecule has 6 aliphatic rings. The van der Waals surface area contributed by atoms with E-state index in [1.165, 1.54) is 12.4 Å². The molecule has 0 unspecified atom stereocenters. The van der Waals surface area contributed by atoms with Crippen LogP contribution in [-0.4, -0.2) is 132 Å². The van der Waals surface area contributed by atoms with Crippen LogP contribution >= 0.6 is 11.6 Å². The molecule has 6 aliphatic heterocycles. The zero-order valence-electron chi connectivity index (χ0n) is 32.0. The number of carbonyl (C=O) groups excluding carboxylic acids is 2. The van der Waals surface area contributed by atoms with Gasteiger partial charge in [-0.1, -0.05) is 11.6 Å². The van der Waals surface area contributed by atoms with Crippen molar-refractivity contribution in [3.8, 4) is 0 Å². The van der Waals surface area contributed by atoms with Crippen LogP contribution in [0.15, 0.2) is 61.4 Å². The number of morpholine rings is 2. The number of urea groups is 2. The number of rotatable bonds is 3. The maximum Gasteiger partial charge on any atom is 0.329 e. The van der Waals surface area contributed by atoms with E-state index in [0.717, 1.165) is 89.0 Å². The highest BCUT2D eigenvalue weighted by molar-refractivity contribution is 6.29. The monoisotopic (exact) mass is 798 g/mol. The van der Waals surface area contributed by atoms with Gasteiger partial charge in [-0.2, -0.15) is 0 Å². The number of amides is 4. The van der Waals surface area contributed by atoms with Crippen molar-refractivity contribution in [2.75, 3.05) is 101 Å². The lowest BCUT2D eigenvalue weighted by Gasteiger charge is -2.37. The maximum absolute atomic E-state index is 13.1. The summed E-state index contributed by atoms with van der Waals surface area (Å²) in [5.74, 6) is 3.05. The van der Waals surface area contributed by atoms with Gasteiger partial charge in [0.1, 0.15) is 11.0 Å². The van der Waals surface area contributed by atoms with Gasteiger partial charge >= 0.3 is 12.1 Å². The molecular formula is C38H47ClN14O4. The van der Waals surface area contributed by atoms with Crippen LogP contribution in [0.4, 0.5) is 50.1 Å². The van der Waals surface area contributed by atoms with Gasteiger partial charge < -0.3 is 29.5 Å². The fourth-order valence-corrected chi connectivity index (χ4v) is 8.02. The lowest BCUT2D eigenvalue weighted by molar-refractivity contribution is 0.0410. The lowest BCUT2D eigenvalue weighted by atomic mass is 10.2. The largest absolute Gasteiger partial charge is 0.376 e. The molecule has 4 saturated heterocycles. The molecule has 18 nitrogen and oxygen atoms in total. The Morgan fingerprint density at radius 1 is 0.719 bits per heavy atom. The van der Waals surface area contributed by atoms with Crippen molar-refractivity contribution in [2.24, 2.45) is 0 Å². The van der Waals surface area contributed by atoms with Gasteiger partial charge in [0.15, 0.2) is 23.3 Å². The SMILES string of the molecule is C[C@H]1CN(c2ccc3c(n2)N(C(=O)Nc2cnccn2)[C@H]2CCN3C2)CCO1.C[C@H]1CNCCO1.O=C(Nc1cnccn1)N1c2nc(Cl)ccc2N2CC[C@H]1C2. The number of anilines is 7. The minimum atomic E-state index is -0.261. The number of fused-ring (bicyclic) bond motifs is 8. The lowest BCUT2D eigenvalue weighted by Crippen LogP contribution is -2.49. The number of halogens is 1. The summed E-state index contributed by atoms with van der Waals surface area (Å²) in [5.41, 5.74) is 1.94. The molecule has 3 N–H and O–H groups in total. The number of aromatic nitrogens is 6. The molecule has 57 heavy (non-hydrogen) atoms. The molecule has 0 aromatic carbocycles. The third-order valence-corrected chi connectivity index (χ3v) is 10.8. The van der Waals surface area contributed by atoms with E-state index in [1.807, 2.05) is 12.1 Å². The third-order valence-electron chi connectivity index (χ3n) is 10.6. The van der Waals surface area contributed by atoms with Crippen molar-refractivity contribution < 1.29 is 19.1 Å². The quantitative estimate of drug-likeness (QED) is 0.254. The Labute approximate surface area is 335 Å². The summed E-state index contributed by atoms with van der Waals surface area (Å²) in [6, 6.07) is 7.52. The molecule has 19 heteroatoms. The Balaban J connectivity index is 0.000000139. The molecule has 10 rings (SSSR count). The summed E-state index contributed by atoms with van der Waals surface area (Å²) in [6.07, 6.45) is 11.7. The molecule has 300 valence electrons. The van der Waals surface area contributed by atoms with Crippen molar-refractivity contribution in [3.05, 3.63) is 66.6 Å². The normalized spacial score (nSPS) is 23.0. The number of nitrogens with zero attached hydrogens (tertiary/aromatic N) is 11. The highest BCUT2D eigenvalue weighted by atomic mass is 35.5. The Kier molecular flexibility index (Phi) is 11.7. The van der Waals surface area contributed by atoms with E-state index in [2.05, 4.69) is 75.5 Å². The van der Waals surface area contributed by atoms with Crippen molar-refractivity contribution in [1.29, 1.82) is 0 Å². The summed E-state index contributed by atoms with van der Waals surface area (Å²) in [5, 5.41) is 9.21. The molecule has 0 spiro atoms. The summed E-state index contributed by atoms with van der Waals surface area (Å²) in [4.78, 5) is 61.5. The van der Waals surface area contributed by atoms with Gasteiger partial charge in [0.25, 0.3) is 0 Å². The van der Waals surface area contributed by atoms with Crippen LogP contribution in [0.2, 0.25) is 5.15 Å². The van der Waals surface area contributed by atoms with E-state index in [1.54, 1.807) is 40.7 Å². The predicted molar refractivity (Wildman–Crippen MR) is 218 cm³/mol. The van der Waals surface area contributed by atoms with Crippen LogP contribution in [-0.2, 0) is 9.47 Å². The first-order chi connectivity index (χ1) is 27.8. The van der Waals surface area contributed by atoms with Gasteiger partial charge in [-0.3, -0.25) is 30.4 Å². The molecule has 4 aromatic rings. The smallest absolute Gasteiger partial charge is 0.329 e. The highest BCUT2D eigenvalue weighted by Gasteiger charge is 2.42. The molecule has 0 aliphatic carbocycles. The van der Waals surface area contributed by atoms with Crippen LogP contribution < -0.4 is 40.4 Å². The number of hydrogen-bond acceptors (Lipinski definition) is 14. The van der Waals surface area contributed by atoms with Crippen LogP contribution in [0.25, 0.3) is 0 Å². The summed E-state index contributed by atoms with van der Waals surface area (Å²) in [6.45, 7) is 12.8. The van der Waals surface area contributed by atoms with Crippen molar-refractivity contribution >= 4 is 64.1 Å². The van der Waals surface area contributed by atoms with Gasteiger partial charge in [0.2, 0.25) is 0 Å². The zero-order valence-corrected chi connectivity index (χ0v) is 32.8. The predicted octanol–water partition coefficient (Wildman–Crippen LogP) is 3.88. The zero-order chi connectivity index (χ0) is 39.3. The van der Waals surface area contributed by atoms with Crippen molar-refractivity contribution in [1.82, 2.24) is 35.2 Å². The topological polar surface area (TPSA) is 182 Å². The maximum atomic E-state index is 13.1. The second-order valence-electron chi connectivity index (χ2n) is 14.6. The van der Waals surface area contributed by atoms with E-state index in [0.29, 0.717) is 41.1 Å². The van der Waals surface area contributed by atoms with E-state index in [4.69, 9.17) is 26.1 Å². The molecule has 4 aromatic heterocycles. The average molecular weight is 799 g/mol. The summed E-state index contributed by atoms with van der Waals surface area (Å²) >= 11 is 6.01. The van der Waals surface area contributed by atoms with Crippen LogP contribution in [0.5, 0.6) is 0 Å². The third kappa shape index (κ3) is 8.78. The molecule has 10 heterocycles. The molecule has 0 radical (unpaired) electrons. The average Bonchev–Trinajstić information content (AvgIpc) is 3.84. The number of pyridine rings is 2. The van der Waals surface area contributed by atoms with E-state index in [-0.39, 0.29) is 30.2 Å². The first-order valence-corrected chi connectivity index (χ1v) is 19.8. The molecule has 4 amide bonds. The number of hydrogen-bond donors (Lipinski definition) is 3. The van der Waals surface area contributed by atoms with Crippen LogP contribution in [0, 0.1) is 0 Å². The van der Waals surface area contributed by atoms with Gasteiger partial charge in [-0.05, 0) is 51.0 Å². The second-order valence-corrected chi connectivity index (χ2v) is 14.9. The number of nitrogens with one attached hydrogen (secondary N) is 3. The van der Waals surface area contributed by atoms with Gasteiger partial charge in [-0.25, -0.2) is 29.5 Å². The Hall–Kier alpha value is -5.43. The van der Waals surface area contributed by atoms with Crippen LogP contribution in [0.3, 0.4) is 0 Å². The number of ether oxygens (including phenoxy) is 2. The molecule has 4 bridgehead atoms. The standard InChI is InChI=1S/C19H23N7O2.C14H13ClN6O.C5H11NO/c1-13-11-25(8-9-28-13)17-3-2-15-18(23-17)26(14-4-7-24(15)12-14)19(27)22-16-10-20-5-6-21-16;15-11-2-1-10-13(18-11)21(9-3-6-20(10)8-9)14(22)19-12-7-16-4-5-17-12;1-5-4-6-2-3-7-5/h2-3,5-6,10,13-14H,4,7-9,11-12H2,1H3,(H,21,22,27);1-2,4-5,7,9H,3,6,8H2,(H,17,19,22);5-6H,2-4H2,1H3/t13-,14-;9-;5-/m000/s1. The molecule has 4 fully saturated rings. The van der Waals surface area contributed by atoms with Gasteiger partial charge in [0, 0.05) is 77.1 Å². The summed E-state index contributed by atoms with van der Waals surface area (Å²) < 4.78 is 10.9. The fraction of sp³-hybridized carbons (Fsp3) is 0.474. The summed E-state index contributed by atoms with van der Waals surface area (Å²) in [7, 11) is 0. The van der Waals surface area contributed by atoms with Crippen molar-refractivity contribution in [3.63, 3.8) is 0 Å². The number of carbonyl (C=O) groups is 2. The molecular weight excluding hydrogens is 752 g/mol. The van der Waals surface area contributed by atoms with E-state index in [9.17, 15) is 9.59 Å². The Morgan fingerprint density at radius 3 is 1.84 bits per heavy atom. The molecule has 4 atom stereocenters. The Morgan fingerprint density at radius 2 is 1.32 bits per heavy atom. The van der Waals surface area contributed by atoms with Gasteiger partial charge in [0.05, 0.1) is 61.3 Å². The second kappa shape index (κ2) is 17.4. The minimum Gasteiger partial charge on any atom is -0.376 e.